The number of hydrogen-bond donors (Lipinski definition) is 2. The van der Waals surface area contributed by atoms with Gasteiger partial charge in [-0.05, 0) is 57.2 Å². The third-order valence-corrected chi connectivity index (χ3v) is 4.23. The average Bonchev–Trinajstić information content (AvgIpc) is 2.49. The number of phenolic OH excluding ortho intramolecular Hbond substituents is 1. The van der Waals surface area contributed by atoms with Gasteiger partial charge in [-0.15, -0.1) is 0 Å². The molecular weight excluding hydrogens is 266 g/mol. The Balaban J connectivity index is 1.80. The molecule has 2 N–H and O–H groups in total. The SMILES string of the molecule is CCOC(=O)C1CCC(NC(C)c2ccc(O)cc2)CC1. The van der Waals surface area contributed by atoms with E-state index in [-0.39, 0.29) is 17.9 Å². The minimum absolute atomic E-state index is 0.0393. The lowest BCUT2D eigenvalue weighted by Crippen LogP contribution is -2.36. The van der Waals surface area contributed by atoms with Gasteiger partial charge in [0.25, 0.3) is 0 Å². The fourth-order valence-electron chi connectivity index (χ4n) is 2.97. The molecule has 1 aliphatic carbocycles. The zero-order valence-corrected chi connectivity index (χ0v) is 12.8. The van der Waals surface area contributed by atoms with Crippen molar-refractivity contribution < 1.29 is 14.6 Å². The van der Waals surface area contributed by atoms with Gasteiger partial charge in [0.2, 0.25) is 0 Å². The summed E-state index contributed by atoms with van der Waals surface area (Å²) in [5.74, 6) is 0.329. The van der Waals surface area contributed by atoms with Gasteiger partial charge in [-0.1, -0.05) is 12.1 Å². The molecule has 4 heteroatoms. The summed E-state index contributed by atoms with van der Waals surface area (Å²) in [6.07, 6.45) is 3.81. The predicted molar refractivity (Wildman–Crippen MR) is 82.0 cm³/mol. The molecule has 1 atom stereocenters. The Bertz CT molecular complexity index is 450. The Kier molecular flexibility index (Phi) is 5.62. The second-order valence-electron chi connectivity index (χ2n) is 5.78. The molecule has 1 aliphatic rings. The van der Waals surface area contributed by atoms with Crippen molar-refractivity contribution >= 4 is 5.97 Å². The van der Waals surface area contributed by atoms with E-state index in [1.54, 1.807) is 12.1 Å². The molecule has 0 aliphatic heterocycles. The summed E-state index contributed by atoms with van der Waals surface area (Å²) in [6.45, 7) is 4.45. The van der Waals surface area contributed by atoms with Crippen LogP contribution in [0.15, 0.2) is 24.3 Å². The summed E-state index contributed by atoms with van der Waals surface area (Å²) < 4.78 is 5.10. The molecule has 0 amide bonds. The lowest BCUT2D eigenvalue weighted by molar-refractivity contribution is -0.149. The van der Waals surface area contributed by atoms with E-state index >= 15 is 0 Å². The first-order valence-corrected chi connectivity index (χ1v) is 7.81. The summed E-state index contributed by atoms with van der Waals surface area (Å²) in [5.41, 5.74) is 1.17. The van der Waals surface area contributed by atoms with Gasteiger partial charge in [0.1, 0.15) is 5.75 Å². The van der Waals surface area contributed by atoms with Crippen LogP contribution in [0.3, 0.4) is 0 Å². The Morgan fingerprint density at radius 3 is 2.48 bits per heavy atom. The Labute approximate surface area is 126 Å². The minimum atomic E-state index is -0.0393. The first kappa shape index (κ1) is 15.8. The number of nitrogens with one attached hydrogen (secondary N) is 1. The summed E-state index contributed by atoms with van der Waals surface area (Å²) in [4.78, 5) is 11.7. The molecule has 1 aromatic rings. The van der Waals surface area contributed by atoms with E-state index in [0.717, 1.165) is 25.7 Å². The summed E-state index contributed by atoms with van der Waals surface area (Å²) >= 11 is 0. The largest absolute Gasteiger partial charge is 0.508 e. The Hall–Kier alpha value is -1.55. The van der Waals surface area contributed by atoms with Crippen LogP contribution in [0.4, 0.5) is 0 Å². The number of carbonyl (C=O) groups is 1. The van der Waals surface area contributed by atoms with Crippen molar-refractivity contribution in [2.24, 2.45) is 5.92 Å². The molecule has 0 bridgehead atoms. The minimum Gasteiger partial charge on any atom is -0.508 e. The van der Waals surface area contributed by atoms with Crippen LogP contribution in [-0.4, -0.2) is 23.7 Å². The number of ether oxygens (including phenoxy) is 1. The van der Waals surface area contributed by atoms with Crippen molar-refractivity contribution in [3.05, 3.63) is 29.8 Å². The number of esters is 1. The molecule has 0 heterocycles. The zero-order valence-electron chi connectivity index (χ0n) is 12.8. The van der Waals surface area contributed by atoms with Crippen LogP contribution in [0.1, 0.15) is 51.1 Å². The van der Waals surface area contributed by atoms with Crippen LogP contribution in [-0.2, 0) is 9.53 Å². The molecule has 1 aromatic carbocycles. The van der Waals surface area contributed by atoms with E-state index < -0.39 is 0 Å². The fraction of sp³-hybridized carbons (Fsp3) is 0.588. The number of phenols is 1. The maximum Gasteiger partial charge on any atom is 0.308 e. The van der Waals surface area contributed by atoms with E-state index in [0.29, 0.717) is 18.4 Å². The van der Waals surface area contributed by atoms with Crippen LogP contribution in [0, 0.1) is 5.92 Å². The first-order valence-electron chi connectivity index (χ1n) is 7.81. The molecule has 0 radical (unpaired) electrons. The topological polar surface area (TPSA) is 58.6 Å². The number of carbonyl (C=O) groups excluding carboxylic acids is 1. The molecule has 1 fully saturated rings. The maximum absolute atomic E-state index is 11.7. The van der Waals surface area contributed by atoms with Crippen molar-refractivity contribution in [3.63, 3.8) is 0 Å². The summed E-state index contributed by atoms with van der Waals surface area (Å²) in [7, 11) is 0. The van der Waals surface area contributed by atoms with Crippen molar-refractivity contribution in [2.45, 2.75) is 51.6 Å². The number of benzene rings is 1. The molecule has 21 heavy (non-hydrogen) atoms. The van der Waals surface area contributed by atoms with Gasteiger partial charge in [0.15, 0.2) is 0 Å². The van der Waals surface area contributed by atoms with Gasteiger partial charge < -0.3 is 15.2 Å². The van der Waals surface area contributed by atoms with Crippen LogP contribution in [0.2, 0.25) is 0 Å². The smallest absolute Gasteiger partial charge is 0.308 e. The number of rotatable bonds is 5. The lowest BCUT2D eigenvalue weighted by Gasteiger charge is -2.30. The van der Waals surface area contributed by atoms with E-state index in [2.05, 4.69) is 12.2 Å². The standard InChI is InChI=1S/C17H25NO3/c1-3-21-17(20)14-4-8-15(9-5-14)18-12(2)13-6-10-16(19)11-7-13/h6-7,10-12,14-15,18-19H,3-5,8-9H2,1-2H3. The third-order valence-electron chi connectivity index (χ3n) is 4.23. The third kappa shape index (κ3) is 4.46. The van der Waals surface area contributed by atoms with E-state index in [1.807, 2.05) is 19.1 Å². The van der Waals surface area contributed by atoms with E-state index in [4.69, 9.17) is 4.74 Å². The van der Waals surface area contributed by atoms with Crippen molar-refractivity contribution in [3.8, 4) is 5.75 Å². The van der Waals surface area contributed by atoms with Crippen molar-refractivity contribution in [2.75, 3.05) is 6.61 Å². The molecule has 2 rings (SSSR count). The number of hydrogen-bond acceptors (Lipinski definition) is 4. The highest BCUT2D eigenvalue weighted by Gasteiger charge is 2.27. The van der Waals surface area contributed by atoms with Crippen LogP contribution in [0.25, 0.3) is 0 Å². The van der Waals surface area contributed by atoms with E-state index in [1.165, 1.54) is 5.56 Å². The predicted octanol–water partition coefficient (Wildman–Crippen LogP) is 3.16. The molecule has 1 unspecified atom stereocenters. The van der Waals surface area contributed by atoms with Gasteiger partial charge in [-0.2, -0.15) is 0 Å². The monoisotopic (exact) mass is 291 g/mol. The van der Waals surface area contributed by atoms with Crippen LogP contribution >= 0.6 is 0 Å². The normalized spacial score (nSPS) is 23.5. The highest BCUT2D eigenvalue weighted by Crippen LogP contribution is 2.27. The second kappa shape index (κ2) is 7.46. The summed E-state index contributed by atoms with van der Waals surface area (Å²) in [6, 6.07) is 8.00. The van der Waals surface area contributed by atoms with Crippen LogP contribution < -0.4 is 5.32 Å². The van der Waals surface area contributed by atoms with Crippen molar-refractivity contribution in [1.82, 2.24) is 5.32 Å². The quantitative estimate of drug-likeness (QED) is 0.818. The van der Waals surface area contributed by atoms with Gasteiger partial charge >= 0.3 is 5.97 Å². The fourth-order valence-corrected chi connectivity index (χ4v) is 2.97. The van der Waals surface area contributed by atoms with Crippen LogP contribution in [0.5, 0.6) is 5.75 Å². The lowest BCUT2D eigenvalue weighted by atomic mass is 9.85. The molecule has 4 nitrogen and oxygen atoms in total. The second-order valence-corrected chi connectivity index (χ2v) is 5.78. The Morgan fingerprint density at radius 2 is 1.90 bits per heavy atom. The first-order chi connectivity index (χ1) is 10.1. The molecule has 0 saturated heterocycles. The average molecular weight is 291 g/mol. The number of aromatic hydroxyl groups is 1. The molecule has 116 valence electrons. The summed E-state index contributed by atoms with van der Waals surface area (Å²) in [5, 5.41) is 12.9. The van der Waals surface area contributed by atoms with Gasteiger partial charge in [-0.25, -0.2) is 0 Å². The van der Waals surface area contributed by atoms with Gasteiger partial charge in [0, 0.05) is 12.1 Å². The van der Waals surface area contributed by atoms with Gasteiger partial charge in [-0.3, -0.25) is 4.79 Å². The van der Waals surface area contributed by atoms with Gasteiger partial charge in [0.05, 0.1) is 12.5 Å². The molecular formula is C17H25NO3. The van der Waals surface area contributed by atoms with E-state index in [9.17, 15) is 9.90 Å². The highest BCUT2D eigenvalue weighted by atomic mass is 16.5. The molecule has 0 aromatic heterocycles. The maximum atomic E-state index is 11.7. The highest BCUT2D eigenvalue weighted by molar-refractivity contribution is 5.72. The Morgan fingerprint density at radius 1 is 1.29 bits per heavy atom. The molecule has 0 spiro atoms. The van der Waals surface area contributed by atoms with Crippen molar-refractivity contribution in [1.29, 1.82) is 0 Å². The molecule has 1 saturated carbocycles. The zero-order chi connectivity index (χ0) is 15.2.